The Kier molecular flexibility index (Phi) is 7.19. The zero-order valence-electron chi connectivity index (χ0n) is 19.4. The number of carbonyl (C=O) groups excluding carboxylic acids is 2. The summed E-state index contributed by atoms with van der Waals surface area (Å²) in [5, 5.41) is 2.10. The Bertz CT molecular complexity index is 933. The monoisotopic (exact) mass is 454 g/mol. The summed E-state index contributed by atoms with van der Waals surface area (Å²) in [6.45, 7) is 8.18. The summed E-state index contributed by atoms with van der Waals surface area (Å²) in [5.74, 6) is 1.95. The summed E-state index contributed by atoms with van der Waals surface area (Å²) < 4.78 is 6.17. The number of rotatable bonds is 9. The highest BCUT2D eigenvalue weighted by Gasteiger charge is 2.34. The number of thiophene rings is 1. The number of fused-ring (bicyclic) bond motifs is 1. The molecule has 1 aliphatic carbocycles. The second-order valence-corrected chi connectivity index (χ2v) is 10.3. The minimum absolute atomic E-state index is 0.0213. The lowest BCUT2D eigenvalue weighted by molar-refractivity contribution is -0.142. The maximum absolute atomic E-state index is 13.4. The van der Waals surface area contributed by atoms with Crippen LogP contribution in [0.3, 0.4) is 0 Å². The van der Waals surface area contributed by atoms with Gasteiger partial charge in [-0.15, -0.1) is 11.3 Å². The van der Waals surface area contributed by atoms with Crippen molar-refractivity contribution >= 4 is 23.2 Å². The fourth-order valence-corrected chi connectivity index (χ4v) is 5.27. The van der Waals surface area contributed by atoms with Crippen LogP contribution in [0.5, 0.6) is 5.75 Å². The van der Waals surface area contributed by atoms with Crippen LogP contribution in [0.25, 0.3) is 0 Å². The van der Waals surface area contributed by atoms with Gasteiger partial charge in [-0.3, -0.25) is 9.59 Å². The van der Waals surface area contributed by atoms with Crippen LogP contribution < -0.4 is 4.74 Å². The Morgan fingerprint density at radius 1 is 1.19 bits per heavy atom. The molecule has 32 heavy (non-hydrogen) atoms. The van der Waals surface area contributed by atoms with Crippen molar-refractivity contribution in [2.45, 2.75) is 58.4 Å². The molecule has 2 amide bonds. The Labute approximate surface area is 195 Å². The molecule has 1 aliphatic heterocycles. The molecule has 1 saturated carbocycles. The van der Waals surface area contributed by atoms with Gasteiger partial charge < -0.3 is 14.5 Å². The van der Waals surface area contributed by atoms with E-state index < -0.39 is 0 Å². The van der Waals surface area contributed by atoms with Crippen LogP contribution in [0.2, 0.25) is 0 Å². The molecular weight excluding hydrogens is 420 g/mol. The van der Waals surface area contributed by atoms with Gasteiger partial charge in [0.2, 0.25) is 11.8 Å². The molecule has 0 bridgehead atoms. The van der Waals surface area contributed by atoms with Crippen LogP contribution in [-0.4, -0.2) is 47.9 Å². The summed E-state index contributed by atoms with van der Waals surface area (Å²) in [4.78, 5) is 30.9. The van der Waals surface area contributed by atoms with Crippen LogP contribution in [0.1, 0.15) is 68.0 Å². The van der Waals surface area contributed by atoms with Crippen molar-refractivity contribution in [1.29, 1.82) is 0 Å². The quantitative estimate of drug-likeness (QED) is 0.534. The number of carbonyl (C=O) groups is 2. The normalized spacial score (nSPS) is 17.9. The van der Waals surface area contributed by atoms with Crippen molar-refractivity contribution in [2.24, 2.45) is 5.92 Å². The first kappa shape index (κ1) is 22.8. The Morgan fingerprint density at radius 2 is 1.94 bits per heavy atom. The molecule has 4 rings (SSSR count). The van der Waals surface area contributed by atoms with Crippen molar-refractivity contribution in [3.05, 3.63) is 51.7 Å². The molecule has 1 aromatic heterocycles. The SMILES string of the molecule is CCC(=O)N(CC(=O)N1CCc2sccc2C1COc1ccc(C(C)C)cc1)CC1CC1. The lowest BCUT2D eigenvalue weighted by Crippen LogP contribution is -2.48. The standard InChI is InChI=1S/C26H34N2O3S/c1-4-25(29)27(15-19-5-6-19)16-26(30)28-13-11-24-22(12-14-32-24)23(28)17-31-21-9-7-20(8-10-21)18(2)3/h7-10,12,14,18-19,23H,4-6,11,13,15-17H2,1-3H3. The van der Waals surface area contributed by atoms with Gasteiger partial charge >= 0.3 is 0 Å². The largest absolute Gasteiger partial charge is 0.491 e. The third kappa shape index (κ3) is 5.34. The maximum Gasteiger partial charge on any atom is 0.242 e. The van der Waals surface area contributed by atoms with Gasteiger partial charge in [0.25, 0.3) is 0 Å². The molecule has 1 fully saturated rings. The fraction of sp³-hybridized carbons (Fsp3) is 0.538. The third-order valence-electron chi connectivity index (χ3n) is 6.53. The minimum atomic E-state index is -0.123. The molecule has 0 saturated heterocycles. The molecule has 1 unspecified atom stereocenters. The molecule has 2 aliphatic rings. The number of ether oxygens (including phenoxy) is 1. The summed E-state index contributed by atoms with van der Waals surface area (Å²) in [7, 11) is 0. The van der Waals surface area contributed by atoms with E-state index in [9.17, 15) is 9.59 Å². The molecule has 0 spiro atoms. The smallest absolute Gasteiger partial charge is 0.242 e. The molecule has 2 aromatic rings. The average Bonchev–Trinajstić information content (AvgIpc) is 3.48. The van der Waals surface area contributed by atoms with Crippen molar-refractivity contribution in [3.63, 3.8) is 0 Å². The second-order valence-electron chi connectivity index (χ2n) is 9.26. The average molecular weight is 455 g/mol. The third-order valence-corrected chi connectivity index (χ3v) is 7.52. The number of hydrogen-bond donors (Lipinski definition) is 0. The van der Waals surface area contributed by atoms with E-state index in [1.54, 1.807) is 16.2 Å². The molecule has 2 heterocycles. The zero-order chi connectivity index (χ0) is 22.7. The first-order chi connectivity index (χ1) is 15.5. The molecule has 0 N–H and O–H groups in total. The van der Waals surface area contributed by atoms with E-state index in [2.05, 4.69) is 37.4 Å². The van der Waals surface area contributed by atoms with E-state index in [1.807, 2.05) is 24.0 Å². The summed E-state index contributed by atoms with van der Waals surface area (Å²) in [5.41, 5.74) is 2.47. The topological polar surface area (TPSA) is 49.9 Å². The second kappa shape index (κ2) is 10.1. The Hall–Kier alpha value is -2.34. The summed E-state index contributed by atoms with van der Waals surface area (Å²) in [6.07, 6.45) is 3.63. The molecule has 6 heteroatoms. The lowest BCUT2D eigenvalue weighted by Gasteiger charge is -2.37. The predicted octanol–water partition coefficient (Wildman–Crippen LogP) is 5.02. The van der Waals surface area contributed by atoms with E-state index >= 15 is 0 Å². The van der Waals surface area contributed by atoms with Gasteiger partial charge in [-0.1, -0.05) is 32.9 Å². The number of benzene rings is 1. The predicted molar refractivity (Wildman–Crippen MR) is 128 cm³/mol. The molecule has 5 nitrogen and oxygen atoms in total. The van der Waals surface area contributed by atoms with Crippen molar-refractivity contribution in [2.75, 3.05) is 26.2 Å². The molecule has 1 atom stereocenters. The van der Waals surface area contributed by atoms with Gasteiger partial charge in [0.05, 0.1) is 12.6 Å². The number of hydrogen-bond acceptors (Lipinski definition) is 4. The minimum Gasteiger partial charge on any atom is -0.491 e. The summed E-state index contributed by atoms with van der Waals surface area (Å²) >= 11 is 1.75. The van der Waals surface area contributed by atoms with Crippen LogP contribution in [0.4, 0.5) is 0 Å². The van der Waals surface area contributed by atoms with E-state index in [4.69, 9.17) is 4.74 Å². The van der Waals surface area contributed by atoms with E-state index in [-0.39, 0.29) is 24.4 Å². The zero-order valence-corrected chi connectivity index (χ0v) is 20.2. The van der Waals surface area contributed by atoms with E-state index in [1.165, 1.54) is 16.0 Å². The highest BCUT2D eigenvalue weighted by Crippen LogP contribution is 2.35. The van der Waals surface area contributed by atoms with Gasteiger partial charge in [0.1, 0.15) is 12.4 Å². The van der Waals surface area contributed by atoms with Crippen molar-refractivity contribution in [1.82, 2.24) is 9.80 Å². The summed E-state index contributed by atoms with van der Waals surface area (Å²) in [6, 6.07) is 10.2. The van der Waals surface area contributed by atoms with E-state index in [0.29, 0.717) is 38.0 Å². The Morgan fingerprint density at radius 3 is 2.59 bits per heavy atom. The van der Waals surface area contributed by atoms with Crippen molar-refractivity contribution in [3.8, 4) is 5.75 Å². The molecule has 0 radical (unpaired) electrons. The van der Waals surface area contributed by atoms with Crippen LogP contribution in [-0.2, 0) is 16.0 Å². The fourth-order valence-electron chi connectivity index (χ4n) is 4.34. The number of nitrogens with zero attached hydrogens (tertiary/aromatic N) is 2. The van der Waals surface area contributed by atoms with Crippen LogP contribution in [0, 0.1) is 5.92 Å². The Balaban J connectivity index is 1.47. The van der Waals surface area contributed by atoms with Gasteiger partial charge in [0, 0.05) is 24.4 Å². The maximum atomic E-state index is 13.4. The van der Waals surface area contributed by atoms with Crippen LogP contribution in [0.15, 0.2) is 35.7 Å². The molecular formula is C26H34N2O3S. The van der Waals surface area contributed by atoms with Gasteiger partial charge in [-0.25, -0.2) is 0 Å². The first-order valence-corrected chi connectivity index (χ1v) is 12.7. The lowest BCUT2D eigenvalue weighted by atomic mass is 10.00. The van der Waals surface area contributed by atoms with E-state index in [0.717, 1.165) is 25.0 Å². The number of amides is 2. The van der Waals surface area contributed by atoms with Crippen molar-refractivity contribution < 1.29 is 14.3 Å². The van der Waals surface area contributed by atoms with Crippen LogP contribution >= 0.6 is 11.3 Å². The molecule has 172 valence electrons. The highest BCUT2D eigenvalue weighted by atomic mass is 32.1. The first-order valence-electron chi connectivity index (χ1n) is 11.8. The van der Waals surface area contributed by atoms with Gasteiger partial charge in [-0.05, 0) is 65.8 Å². The van der Waals surface area contributed by atoms with Gasteiger partial charge in [-0.2, -0.15) is 0 Å². The highest BCUT2D eigenvalue weighted by molar-refractivity contribution is 7.10. The molecule has 1 aromatic carbocycles. The van der Waals surface area contributed by atoms with Gasteiger partial charge in [0.15, 0.2) is 0 Å².